The number of hydrogen-bond donors (Lipinski definition) is 2. The zero-order valence-corrected chi connectivity index (χ0v) is 14.2. The quantitative estimate of drug-likeness (QED) is 0.551. The van der Waals surface area contributed by atoms with Gasteiger partial charge in [0, 0.05) is 9.84 Å². The first-order valence-corrected chi connectivity index (χ1v) is 8.64. The summed E-state index contributed by atoms with van der Waals surface area (Å²) in [5, 5.41) is 21.9. The fraction of sp³-hybridized carbons (Fsp3) is 1.00. The molecule has 0 radical (unpaired) electrons. The number of alkyl halides is 1. The van der Waals surface area contributed by atoms with E-state index in [4.69, 9.17) is 0 Å². The van der Waals surface area contributed by atoms with E-state index in [-0.39, 0.29) is 10.8 Å². The molecule has 0 aromatic heterocycles. The van der Waals surface area contributed by atoms with Crippen LogP contribution in [0.15, 0.2) is 0 Å². The van der Waals surface area contributed by atoms with Crippen molar-refractivity contribution in [2.45, 2.75) is 71.0 Å². The molecule has 4 atom stereocenters. The van der Waals surface area contributed by atoms with Crippen molar-refractivity contribution in [1.29, 1.82) is 0 Å². The van der Waals surface area contributed by atoms with Crippen molar-refractivity contribution in [3.8, 4) is 0 Å². The molecule has 2 aliphatic rings. The lowest BCUT2D eigenvalue weighted by molar-refractivity contribution is -0.258. The van der Waals surface area contributed by atoms with Crippen LogP contribution in [0.1, 0.15) is 59.8 Å². The van der Waals surface area contributed by atoms with Gasteiger partial charge in [-0.2, -0.15) is 0 Å². The molecule has 0 spiro atoms. The molecule has 0 bridgehead atoms. The highest BCUT2D eigenvalue weighted by atomic mass is 127. The number of fused-ring (bicyclic) bond motifs is 1. The Morgan fingerprint density at radius 3 is 2.22 bits per heavy atom. The van der Waals surface area contributed by atoms with Crippen LogP contribution in [-0.2, 0) is 0 Å². The first-order chi connectivity index (χ1) is 8.11. The summed E-state index contributed by atoms with van der Waals surface area (Å²) in [6.07, 6.45) is 5.20. The molecule has 106 valence electrons. The zero-order valence-electron chi connectivity index (χ0n) is 12.1. The average molecular weight is 366 g/mol. The third-order valence-electron chi connectivity index (χ3n) is 6.18. The van der Waals surface area contributed by atoms with E-state index < -0.39 is 11.2 Å². The molecule has 3 heteroatoms. The first kappa shape index (κ1) is 15.0. The molecule has 2 N–H and O–H groups in total. The Kier molecular flexibility index (Phi) is 3.61. The lowest BCUT2D eigenvalue weighted by Gasteiger charge is -2.64. The molecule has 0 saturated heterocycles. The molecular formula is C15H27IO2. The molecule has 0 aromatic carbocycles. The van der Waals surface area contributed by atoms with Gasteiger partial charge in [0.1, 0.15) is 5.60 Å². The number of aliphatic hydroxyl groups is 2. The molecule has 2 rings (SSSR count). The monoisotopic (exact) mass is 366 g/mol. The van der Waals surface area contributed by atoms with Gasteiger partial charge in [0.2, 0.25) is 0 Å². The van der Waals surface area contributed by atoms with Crippen LogP contribution in [0.2, 0.25) is 0 Å². The van der Waals surface area contributed by atoms with Crippen molar-refractivity contribution in [2.75, 3.05) is 4.43 Å². The second-order valence-electron chi connectivity index (χ2n) is 7.62. The van der Waals surface area contributed by atoms with Gasteiger partial charge in [-0.3, -0.25) is 0 Å². The number of rotatable bonds is 1. The Labute approximate surface area is 125 Å². The van der Waals surface area contributed by atoms with Gasteiger partial charge in [-0.1, -0.05) is 49.8 Å². The summed E-state index contributed by atoms with van der Waals surface area (Å²) >= 11 is 2.25. The second-order valence-corrected chi connectivity index (χ2v) is 8.38. The molecule has 2 aliphatic carbocycles. The van der Waals surface area contributed by atoms with Gasteiger partial charge in [-0.05, 0) is 43.9 Å². The van der Waals surface area contributed by atoms with E-state index >= 15 is 0 Å². The Bertz CT molecular complexity index is 339. The summed E-state index contributed by atoms with van der Waals surface area (Å²) in [6.45, 7) is 8.71. The van der Waals surface area contributed by atoms with E-state index in [0.29, 0.717) is 10.3 Å². The van der Waals surface area contributed by atoms with Crippen molar-refractivity contribution >= 4 is 22.6 Å². The summed E-state index contributed by atoms with van der Waals surface area (Å²) in [4.78, 5) is 0. The minimum absolute atomic E-state index is 0.155. The van der Waals surface area contributed by atoms with Gasteiger partial charge in [-0.25, -0.2) is 0 Å². The fourth-order valence-electron chi connectivity index (χ4n) is 4.87. The van der Waals surface area contributed by atoms with E-state index in [1.807, 2.05) is 6.92 Å². The summed E-state index contributed by atoms with van der Waals surface area (Å²) in [5.41, 5.74) is -1.78. The highest BCUT2D eigenvalue weighted by Crippen LogP contribution is 2.63. The van der Waals surface area contributed by atoms with Gasteiger partial charge in [0.15, 0.2) is 0 Å². The van der Waals surface area contributed by atoms with E-state index in [2.05, 4.69) is 43.4 Å². The van der Waals surface area contributed by atoms with Crippen molar-refractivity contribution in [3.05, 3.63) is 0 Å². The second kappa shape index (κ2) is 4.32. The Hall–Kier alpha value is 0.650. The molecule has 0 amide bonds. The fourth-order valence-corrected chi connectivity index (χ4v) is 6.56. The lowest BCUT2D eigenvalue weighted by Crippen LogP contribution is -2.70. The van der Waals surface area contributed by atoms with Crippen molar-refractivity contribution in [2.24, 2.45) is 16.7 Å². The van der Waals surface area contributed by atoms with Gasteiger partial charge in [0.25, 0.3) is 0 Å². The zero-order chi connectivity index (χ0) is 13.8. The summed E-state index contributed by atoms with van der Waals surface area (Å²) in [6, 6.07) is 0. The van der Waals surface area contributed by atoms with Crippen LogP contribution in [0.4, 0.5) is 0 Å². The summed E-state index contributed by atoms with van der Waals surface area (Å²) in [5.74, 6) is 0.513. The van der Waals surface area contributed by atoms with Gasteiger partial charge >= 0.3 is 0 Å². The largest absolute Gasteiger partial charge is 0.387 e. The Balaban J connectivity index is 2.49. The molecule has 2 fully saturated rings. The normalized spacial score (nSPS) is 51.8. The van der Waals surface area contributed by atoms with Crippen LogP contribution in [0.3, 0.4) is 0 Å². The maximum atomic E-state index is 11.2. The number of hydrogen-bond acceptors (Lipinski definition) is 2. The van der Waals surface area contributed by atoms with Crippen LogP contribution in [0.5, 0.6) is 0 Å². The molecule has 0 aromatic rings. The van der Waals surface area contributed by atoms with Crippen LogP contribution in [0, 0.1) is 16.7 Å². The van der Waals surface area contributed by atoms with E-state index in [1.165, 1.54) is 6.42 Å². The molecule has 0 aliphatic heterocycles. The summed E-state index contributed by atoms with van der Waals surface area (Å²) < 4.78 is 0.612. The lowest BCUT2D eigenvalue weighted by atomic mass is 9.44. The van der Waals surface area contributed by atoms with E-state index in [9.17, 15) is 10.2 Å². The molecule has 1 unspecified atom stereocenters. The average Bonchev–Trinajstić information content (AvgIpc) is 2.24. The van der Waals surface area contributed by atoms with Gasteiger partial charge in [0.05, 0.1) is 5.60 Å². The first-order valence-electron chi connectivity index (χ1n) is 7.11. The van der Waals surface area contributed by atoms with Gasteiger partial charge < -0.3 is 10.2 Å². The minimum Gasteiger partial charge on any atom is -0.387 e. The van der Waals surface area contributed by atoms with E-state index in [0.717, 1.165) is 25.7 Å². The Morgan fingerprint density at radius 1 is 1.06 bits per heavy atom. The molecule has 18 heavy (non-hydrogen) atoms. The van der Waals surface area contributed by atoms with Crippen molar-refractivity contribution in [1.82, 2.24) is 0 Å². The van der Waals surface area contributed by atoms with E-state index in [1.54, 1.807) is 0 Å². The topological polar surface area (TPSA) is 40.5 Å². The van der Waals surface area contributed by atoms with Gasteiger partial charge in [-0.15, -0.1) is 0 Å². The third-order valence-corrected chi connectivity index (χ3v) is 7.28. The third kappa shape index (κ3) is 1.80. The minimum atomic E-state index is -0.957. The Morgan fingerprint density at radius 2 is 1.67 bits per heavy atom. The standard InChI is InChI=1S/C15H27IO2/c1-12(2)7-5-8-13(3)11(12)6-9-14(4,17)15(13,18)10-16/h11,17-18H,5-10H2,1-4H3/t11?,13-,14+,15-/m0/s1. The van der Waals surface area contributed by atoms with Crippen molar-refractivity contribution < 1.29 is 10.2 Å². The predicted molar refractivity (Wildman–Crippen MR) is 82.9 cm³/mol. The molecular weight excluding hydrogens is 339 g/mol. The van der Waals surface area contributed by atoms with Crippen LogP contribution >= 0.6 is 22.6 Å². The highest BCUT2D eigenvalue weighted by molar-refractivity contribution is 14.1. The maximum Gasteiger partial charge on any atom is 0.107 e. The molecule has 0 heterocycles. The van der Waals surface area contributed by atoms with Crippen LogP contribution in [0.25, 0.3) is 0 Å². The van der Waals surface area contributed by atoms with Crippen LogP contribution in [-0.4, -0.2) is 25.8 Å². The van der Waals surface area contributed by atoms with Crippen molar-refractivity contribution in [3.63, 3.8) is 0 Å². The predicted octanol–water partition coefficient (Wildman–Crippen LogP) is 3.53. The molecule has 2 saturated carbocycles. The molecule has 2 nitrogen and oxygen atoms in total. The summed E-state index contributed by atoms with van der Waals surface area (Å²) in [7, 11) is 0. The maximum absolute atomic E-state index is 11.2. The highest BCUT2D eigenvalue weighted by Gasteiger charge is 2.65. The van der Waals surface area contributed by atoms with Crippen LogP contribution < -0.4 is 0 Å². The smallest absolute Gasteiger partial charge is 0.107 e. The SMILES string of the molecule is CC1(C)CCC[C@@]2(C)C1CC[C@@](C)(O)[C@]2(O)CI. The number of halogens is 1.